The van der Waals surface area contributed by atoms with Gasteiger partial charge in [-0.15, -0.1) is 11.8 Å². The predicted molar refractivity (Wildman–Crippen MR) is 102 cm³/mol. The van der Waals surface area contributed by atoms with Crippen LogP contribution in [0.2, 0.25) is 0 Å². The van der Waals surface area contributed by atoms with Gasteiger partial charge in [-0.2, -0.15) is 0 Å². The summed E-state index contributed by atoms with van der Waals surface area (Å²) in [6, 6.07) is 22.0. The number of rotatable bonds is 1. The molecule has 126 valence electrons. The van der Waals surface area contributed by atoms with Crippen molar-refractivity contribution in [3.63, 3.8) is 0 Å². The number of carbonyl (C=O) groups is 1. The van der Waals surface area contributed by atoms with Crippen molar-refractivity contribution in [2.45, 2.75) is 10.1 Å². The number of para-hydroxylation sites is 1. The molecule has 0 amide bonds. The van der Waals surface area contributed by atoms with Crippen molar-refractivity contribution in [3.8, 4) is 0 Å². The molecule has 3 aromatic rings. The number of halogens is 1. The molecule has 0 fully saturated rings. The minimum absolute atomic E-state index is 0.0638. The summed E-state index contributed by atoms with van der Waals surface area (Å²) in [7, 11) is 0. The smallest absolute Gasteiger partial charge is 0.174 e. The Morgan fingerprint density at radius 2 is 1.65 bits per heavy atom. The SMILES string of the molecule is O=C1c2ccccc2C2=Nc3ccccc3S[C@@H](c3cccc(F)c3)[C@@H]12. The van der Waals surface area contributed by atoms with Crippen molar-refractivity contribution < 1.29 is 9.18 Å². The minimum Gasteiger partial charge on any atom is -0.293 e. The van der Waals surface area contributed by atoms with Crippen molar-refractivity contribution in [1.82, 2.24) is 0 Å². The van der Waals surface area contributed by atoms with Crippen LogP contribution in [0, 0.1) is 11.7 Å². The molecule has 0 radical (unpaired) electrons. The number of carbonyl (C=O) groups excluding carboxylic acids is 1. The molecule has 1 heterocycles. The Labute approximate surface area is 154 Å². The summed E-state index contributed by atoms with van der Waals surface area (Å²) in [5.74, 6) is -0.636. The number of hydrogen-bond acceptors (Lipinski definition) is 3. The fourth-order valence-corrected chi connectivity index (χ4v) is 5.06. The molecule has 2 nitrogen and oxygen atoms in total. The van der Waals surface area contributed by atoms with Crippen molar-refractivity contribution in [3.05, 3.63) is 95.3 Å². The summed E-state index contributed by atoms with van der Waals surface area (Å²) in [5.41, 5.74) is 4.06. The summed E-state index contributed by atoms with van der Waals surface area (Å²) < 4.78 is 13.9. The largest absolute Gasteiger partial charge is 0.293 e. The van der Waals surface area contributed by atoms with Crippen LogP contribution in [0.3, 0.4) is 0 Å². The zero-order valence-electron chi connectivity index (χ0n) is 13.7. The fraction of sp³-hybridized carbons (Fsp3) is 0.0909. The molecule has 5 rings (SSSR count). The van der Waals surface area contributed by atoms with Crippen LogP contribution in [-0.2, 0) is 0 Å². The molecule has 1 aliphatic carbocycles. The Morgan fingerprint density at radius 1 is 0.885 bits per heavy atom. The van der Waals surface area contributed by atoms with E-state index in [1.807, 2.05) is 54.6 Å². The Bertz CT molecular complexity index is 1070. The molecule has 4 heteroatoms. The molecular weight excluding hydrogens is 345 g/mol. The minimum atomic E-state index is -0.411. The van der Waals surface area contributed by atoms with Gasteiger partial charge in [0.05, 0.1) is 22.6 Å². The number of nitrogens with zero attached hydrogens (tertiary/aromatic N) is 1. The highest BCUT2D eigenvalue weighted by Crippen LogP contribution is 2.51. The van der Waals surface area contributed by atoms with Crippen molar-refractivity contribution >= 4 is 28.9 Å². The van der Waals surface area contributed by atoms with Crippen LogP contribution in [-0.4, -0.2) is 11.5 Å². The van der Waals surface area contributed by atoms with Crippen LogP contribution in [0.25, 0.3) is 0 Å². The monoisotopic (exact) mass is 359 g/mol. The van der Waals surface area contributed by atoms with Gasteiger partial charge in [-0.05, 0) is 29.8 Å². The van der Waals surface area contributed by atoms with E-state index in [1.165, 1.54) is 12.1 Å². The molecule has 26 heavy (non-hydrogen) atoms. The first-order chi connectivity index (χ1) is 12.7. The van der Waals surface area contributed by atoms with E-state index < -0.39 is 5.92 Å². The van der Waals surface area contributed by atoms with Gasteiger partial charge in [-0.1, -0.05) is 48.5 Å². The molecule has 0 saturated heterocycles. The third-order valence-corrected chi connectivity index (χ3v) is 6.28. The lowest BCUT2D eigenvalue weighted by molar-refractivity contribution is 0.0960. The number of fused-ring (bicyclic) bond motifs is 4. The van der Waals surface area contributed by atoms with E-state index in [0.717, 1.165) is 27.4 Å². The highest BCUT2D eigenvalue weighted by Gasteiger charge is 2.44. The quantitative estimate of drug-likeness (QED) is 0.565. The second-order valence-electron chi connectivity index (χ2n) is 6.45. The maximum atomic E-state index is 13.9. The van der Waals surface area contributed by atoms with Gasteiger partial charge >= 0.3 is 0 Å². The second-order valence-corrected chi connectivity index (χ2v) is 7.63. The first kappa shape index (κ1) is 15.5. The maximum Gasteiger partial charge on any atom is 0.174 e. The molecule has 2 atom stereocenters. The van der Waals surface area contributed by atoms with Crippen molar-refractivity contribution in [1.29, 1.82) is 0 Å². The van der Waals surface area contributed by atoms with E-state index in [9.17, 15) is 9.18 Å². The normalized spacial score (nSPS) is 20.7. The summed E-state index contributed by atoms with van der Waals surface area (Å²) in [6.07, 6.45) is 0. The lowest BCUT2D eigenvalue weighted by Crippen LogP contribution is -2.22. The van der Waals surface area contributed by atoms with E-state index in [4.69, 9.17) is 4.99 Å². The first-order valence-electron chi connectivity index (χ1n) is 8.46. The van der Waals surface area contributed by atoms with Gasteiger partial charge in [0.2, 0.25) is 0 Å². The summed E-state index contributed by atoms with van der Waals surface area (Å²) in [4.78, 5) is 19.1. The third-order valence-electron chi connectivity index (χ3n) is 4.89. The zero-order valence-corrected chi connectivity index (χ0v) is 14.5. The average molecular weight is 359 g/mol. The van der Waals surface area contributed by atoms with E-state index in [2.05, 4.69) is 0 Å². The van der Waals surface area contributed by atoms with E-state index in [-0.39, 0.29) is 16.9 Å². The molecule has 1 aliphatic heterocycles. The molecule has 0 spiro atoms. The average Bonchev–Trinajstić information content (AvgIpc) is 2.83. The van der Waals surface area contributed by atoms with Gasteiger partial charge in [0, 0.05) is 16.0 Å². The number of benzene rings is 3. The molecule has 0 unspecified atom stereocenters. The molecule has 0 bridgehead atoms. The zero-order chi connectivity index (χ0) is 17.7. The van der Waals surface area contributed by atoms with Gasteiger partial charge in [0.25, 0.3) is 0 Å². The molecule has 0 N–H and O–H groups in total. The van der Waals surface area contributed by atoms with Crippen molar-refractivity contribution in [2.24, 2.45) is 10.9 Å². The van der Waals surface area contributed by atoms with Gasteiger partial charge in [0.1, 0.15) is 5.82 Å². The number of ketones is 1. The van der Waals surface area contributed by atoms with Crippen LogP contribution >= 0.6 is 11.8 Å². The summed E-state index contributed by atoms with van der Waals surface area (Å²) in [6.45, 7) is 0. The predicted octanol–water partition coefficient (Wildman–Crippen LogP) is 5.61. The molecule has 0 saturated carbocycles. The lowest BCUT2D eigenvalue weighted by Gasteiger charge is -2.21. The van der Waals surface area contributed by atoms with Crippen LogP contribution in [0.15, 0.2) is 82.7 Å². The van der Waals surface area contributed by atoms with Gasteiger partial charge < -0.3 is 0 Å². The Morgan fingerprint density at radius 3 is 2.50 bits per heavy atom. The second kappa shape index (κ2) is 5.92. The highest BCUT2D eigenvalue weighted by atomic mass is 32.2. The number of aliphatic imine (C=N–C) groups is 1. The standard InChI is InChI=1S/C22H14FNOS/c23-14-7-5-6-13(12-14)22-19-20(15-8-1-2-9-16(15)21(19)25)24-17-10-3-4-11-18(17)26-22/h1-12,19,22H/t19-,22+/m1/s1. The van der Waals surface area contributed by atoms with E-state index >= 15 is 0 Å². The Kier molecular flexibility index (Phi) is 3.54. The van der Waals surface area contributed by atoms with E-state index in [0.29, 0.717) is 5.56 Å². The molecule has 0 aromatic heterocycles. The van der Waals surface area contributed by atoms with Crippen LogP contribution in [0.5, 0.6) is 0 Å². The molecule has 2 aliphatic rings. The van der Waals surface area contributed by atoms with Gasteiger partial charge in [-0.3, -0.25) is 9.79 Å². The van der Waals surface area contributed by atoms with Crippen molar-refractivity contribution in [2.75, 3.05) is 0 Å². The van der Waals surface area contributed by atoms with Crippen LogP contribution in [0.1, 0.15) is 26.7 Å². The summed E-state index contributed by atoms with van der Waals surface area (Å²) in [5, 5.41) is -0.215. The highest BCUT2D eigenvalue weighted by molar-refractivity contribution is 7.99. The lowest BCUT2D eigenvalue weighted by atomic mass is 9.93. The van der Waals surface area contributed by atoms with Gasteiger partial charge in [0.15, 0.2) is 5.78 Å². The molecule has 3 aromatic carbocycles. The number of thioether (sulfide) groups is 1. The molecular formula is C22H14FNOS. The fourth-order valence-electron chi connectivity index (χ4n) is 3.72. The van der Waals surface area contributed by atoms with Crippen LogP contribution < -0.4 is 0 Å². The summed E-state index contributed by atoms with van der Waals surface area (Å²) >= 11 is 1.59. The van der Waals surface area contributed by atoms with E-state index in [1.54, 1.807) is 17.8 Å². The number of Topliss-reactive ketones (excluding diaryl/α,β-unsaturated/α-hetero) is 1. The third kappa shape index (κ3) is 2.33. The Balaban J connectivity index is 1.76. The Hall–Kier alpha value is -2.72. The topological polar surface area (TPSA) is 29.4 Å². The number of hydrogen-bond donors (Lipinski definition) is 0. The van der Waals surface area contributed by atoms with Gasteiger partial charge in [-0.25, -0.2) is 4.39 Å². The van der Waals surface area contributed by atoms with Crippen LogP contribution in [0.4, 0.5) is 10.1 Å². The maximum absolute atomic E-state index is 13.9. The first-order valence-corrected chi connectivity index (χ1v) is 9.34.